The van der Waals surface area contributed by atoms with Gasteiger partial charge in [-0.25, -0.2) is 0 Å². The highest BCUT2D eigenvalue weighted by molar-refractivity contribution is 5.84. The molecule has 0 fully saturated rings. The number of aromatic hydroxyl groups is 2. The summed E-state index contributed by atoms with van der Waals surface area (Å²) in [5.41, 5.74) is -0.101. The van der Waals surface area contributed by atoms with Crippen molar-refractivity contribution in [3.63, 3.8) is 0 Å². The van der Waals surface area contributed by atoms with Crippen molar-refractivity contribution in [3.05, 3.63) is 34.2 Å². The standard InChI is InChI=1S/C12H12O4/c1-6(2)10-5-9(15)12-8(14)3-7(13)4-11(12)16-10/h3-6,13-14H,1-2H3. The maximum Gasteiger partial charge on any atom is 0.196 e. The lowest BCUT2D eigenvalue weighted by atomic mass is 10.1. The Morgan fingerprint density at radius 1 is 1.19 bits per heavy atom. The molecule has 0 radical (unpaired) electrons. The molecule has 0 saturated heterocycles. The monoisotopic (exact) mass is 220 g/mol. The van der Waals surface area contributed by atoms with E-state index < -0.39 is 0 Å². The number of rotatable bonds is 1. The maximum atomic E-state index is 11.7. The van der Waals surface area contributed by atoms with Crippen LogP contribution in [0.15, 0.2) is 27.4 Å². The molecule has 0 saturated carbocycles. The van der Waals surface area contributed by atoms with Gasteiger partial charge >= 0.3 is 0 Å². The molecule has 0 aliphatic rings. The van der Waals surface area contributed by atoms with Crippen molar-refractivity contribution in [2.75, 3.05) is 0 Å². The highest BCUT2D eigenvalue weighted by atomic mass is 16.3. The van der Waals surface area contributed by atoms with E-state index in [1.54, 1.807) is 0 Å². The number of phenolic OH excluding ortho intramolecular Hbond substituents is 2. The number of hydrogen-bond donors (Lipinski definition) is 2. The summed E-state index contributed by atoms with van der Waals surface area (Å²) in [6.45, 7) is 3.79. The third-order valence-electron chi connectivity index (χ3n) is 2.38. The van der Waals surface area contributed by atoms with E-state index in [1.807, 2.05) is 13.8 Å². The zero-order chi connectivity index (χ0) is 11.9. The van der Waals surface area contributed by atoms with Crippen LogP contribution >= 0.6 is 0 Å². The molecule has 84 valence electrons. The quantitative estimate of drug-likeness (QED) is 0.773. The molecular weight excluding hydrogens is 208 g/mol. The first-order chi connectivity index (χ1) is 7.49. The fourth-order valence-corrected chi connectivity index (χ4v) is 1.56. The molecule has 1 heterocycles. The lowest BCUT2D eigenvalue weighted by Gasteiger charge is -2.06. The zero-order valence-electron chi connectivity index (χ0n) is 9.02. The second kappa shape index (κ2) is 3.56. The summed E-state index contributed by atoms with van der Waals surface area (Å²) >= 11 is 0. The summed E-state index contributed by atoms with van der Waals surface area (Å²) in [6.07, 6.45) is 0. The molecule has 2 N–H and O–H groups in total. The Hall–Kier alpha value is -1.97. The van der Waals surface area contributed by atoms with Gasteiger partial charge in [-0.15, -0.1) is 0 Å². The van der Waals surface area contributed by atoms with Crippen LogP contribution in [0.25, 0.3) is 11.0 Å². The first kappa shape index (κ1) is 10.5. The van der Waals surface area contributed by atoms with E-state index in [0.29, 0.717) is 5.76 Å². The topological polar surface area (TPSA) is 70.7 Å². The molecule has 4 heteroatoms. The van der Waals surface area contributed by atoms with Gasteiger partial charge in [-0.3, -0.25) is 4.79 Å². The predicted molar refractivity (Wildman–Crippen MR) is 59.9 cm³/mol. The maximum absolute atomic E-state index is 11.7. The van der Waals surface area contributed by atoms with E-state index in [2.05, 4.69) is 0 Å². The zero-order valence-corrected chi connectivity index (χ0v) is 9.02. The van der Waals surface area contributed by atoms with Crippen LogP contribution in [0.4, 0.5) is 0 Å². The van der Waals surface area contributed by atoms with E-state index in [9.17, 15) is 15.0 Å². The van der Waals surface area contributed by atoms with Gasteiger partial charge in [0.15, 0.2) is 5.43 Å². The molecule has 1 aromatic carbocycles. The van der Waals surface area contributed by atoms with Crippen LogP contribution in [0, 0.1) is 0 Å². The van der Waals surface area contributed by atoms with Crippen LogP contribution in [0.1, 0.15) is 25.5 Å². The van der Waals surface area contributed by atoms with Crippen LogP contribution in [0.3, 0.4) is 0 Å². The molecule has 0 amide bonds. The third kappa shape index (κ3) is 1.62. The highest BCUT2D eigenvalue weighted by Crippen LogP contribution is 2.29. The summed E-state index contributed by atoms with van der Waals surface area (Å²) in [5.74, 6) is 0.206. The average molecular weight is 220 g/mol. The second-order valence-corrected chi connectivity index (χ2v) is 4.01. The molecule has 0 atom stereocenters. The van der Waals surface area contributed by atoms with Crippen molar-refractivity contribution in [1.29, 1.82) is 0 Å². The molecule has 0 aliphatic heterocycles. The summed E-state index contributed by atoms with van der Waals surface area (Å²) < 4.78 is 5.45. The molecular formula is C12H12O4. The average Bonchev–Trinajstić information content (AvgIpc) is 2.15. The molecule has 4 nitrogen and oxygen atoms in total. The van der Waals surface area contributed by atoms with E-state index >= 15 is 0 Å². The Morgan fingerprint density at radius 2 is 1.88 bits per heavy atom. The van der Waals surface area contributed by atoms with Gasteiger partial charge in [0.1, 0.15) is 28.2 Å². The largest absolute Gasteiger partial charge is 0.508 e. The van der Waals surface area contributed by atoms with Crippen LogP contribution in [0.5, 0.6) is 11.5 Å². The van der Waals surface area contributed by atoms with Gasteiger partial charge in [0.2, 0.25) is 0 Å². The van der Waals surface area contributed by atoms with Gasteiger partial charge in [-0.1, -0.05) is 13.8 Å². The van der Waals surface area contributed by atoms with Crippen LogP contribution in [-0.4, -0.2) is 10.2 Å². The minimum atomic E-state index is -0.303. The Balaban J connectivity index is 2.87. The molecule has 0 unspecified atom stereocenters. The van der Waals surface area contributed by atoms with Gasteiger partial charge in [0, 0.05) is 24.1 Å². The van der Waals surface area contributed by atoms with Crippen molar-refractivity contribution < 1.29 is 14.6 Å². The van der Waals surface area contributed by atoms with Crippen molar-refractivity contribution in [1.82, 2.24) is 0 Å². The summed E-state index contributed by atoms with van der Waals surface area (Å²) in [4.78, 5) is 11.7. The van der Waals surface area contributed by atoms with E-state index in [1.165, 1.54) is 12.1 Å². The van der Waals surface area contributed by atoms with E-state index in [-0.39, 0.29) is 33.8 Å². The summed E-state index contributed by atoms with van der Waals surface area (Å²) in [5, 5.41) is 19.0. The Labute approximate surface area is 91.8 Å². The van der Waals surface area contributed by atoms with Gasteiger partial charge in [0.05, 0.1) is 0 Å². The highest BCUT2D eigenvalue weighted by Gasteiger charge is 2.12. The number of benzene rings is 1. The number of phenols is 2. The fraction of sp³-hybridized carbons (Fsp3) is 0.250. The first-order valence-corrected chi connectivity index (χ1v) is 4.99. The smallest absolute Gasteiger partial charge is 0.196 e. The van der Waals surface area contributed by atoms with Gasteiger partial charge in [-0.2, -0.15) is 0 Å². The van der Waals surface area contributed by atoms with E-state index in [0.717, 1.165) is 6.07 Å². The molecule has 0 bridgehead atoms. The number of fused-ring (bicyclic) bond motifs is 1. The van der Waals surface area contributed by atoms with Gasteiger partial charge in [-0.05, 0) is 0 Å². The SMILES string of the molecule is CC(C)c1cc(=O)c2c(O)cc(O)cc2o1. The molecule has 0 aliphatic carbocycles. The van der Waals surface area contributed by atoms with Gasteiger partial charge < -0.3 is 14.6 Å². The van der Waals surface area contributed by atoms with Gasteiger partial charge in [0.25, 0.3) is 0 Å². The molecule has 2 aromatic rings. The minimum absolute atomic E-state index is 0.0709. The fourth-order valence-electron chi connectivity index (χ4n) is 1.56. The normalized spacial score (nSPS) is 11.2. The first-order valence-electron chi connectivity index (χ1n) is 4.99. The second-order valence-electron chi connectivity index (χ2n) is 4.01. The Morgan fingerprint density at radius 3 is 2.50 bits per heavy atom. The minimum Gasteiger partial charge on any atom is -0.508 e. The van der Waals surface area contributed by atoms with Crippen LogP contribution < -0.4 is 5.43 Å². The van der Waals surface area contributed by atoms with Crippen LogP contribution in [-0.2, 0) is 0 Å². The number of hydrogen-bond acceptors (Lipinski definition) is 4. The molecule has 2 rings (SSSR count). The lowest BCUT2D eigenvalue weighted by molar-refractivity contribution is 0.448. The molecule has 0 spiro atoms. The lowest BCUT2D eigenvalue weighted by Crippen LogP contribution is -2.03. The Bertz CT molecular complexity index is 596. The molecule has 1 aromatic heterocycles. The van der Waals surface area contributed by atoms with Crippen LogP contribution in [0.2, 0.25) is 0 Å². The Kier molecular flexibility index (Phi) is 2.34. The van der Waals surface area contributed by atoms with Crippen molar-refractivity contribution >= 4 is 11.0 Å². The van der Waals surface area contributed by atoms with Crippen molar-refractivity contribution in [2.24, 2.45) is 0 Å². The summed E-state index contributed by atoms with van der Waals surface area (Å²) in [6, 6.07) is 3.81. The van der Waals surface area contributed by atoms with Crippen molar-refractivity contribution in [3.8, 4) is 11.5 Å². The third-order valence-corrected chi connectivity index (χ3v) is 2.38. The molecule has 16 heavy (non-hydrogen) atoms. The predicted octanol–water partition coefficient (Wildman–Crippen LogP) is 2.33. The van der Waals surface area contributed by atoms with Crippen molar-refractivity contribution in [2.45, 2.75) is 19.8 Å². The van der Waals surface area contributed by atoms with E-state index in [4.69, 9.17) is 4.42 Å². The summed E-state index contributed by atoms with van der Waals surface area (Å²) in [7, 11) is 0.